The van der Waals surface area contributed by atoms with E-state index in [9.17, 15) is 0 Å². The van der Waals surface area contributed by atoms with Crippen molar-refractivity contribution in [3.05, 3.63) is 0 Å². The number of hydrogen-bond acceptors (Lipinski definition) is 3. The molecule has 2 heterocycles. The summed E-state index contributed by atoms with van der Waals surface area (Å²) in [6.45, 7) is 7.85. The number of halogens is 1. The Hall–Kier alpha value is 0.170. The summed E-state index contributed by atoms with van der Waals surface area (Å²) < 4.78 is 5.65. The van der Waals surface area contributed by atoms with E-state index < -0.39 is 0 Å². The summed E-state index contributed by atoms with van der Waals surface area (Å²) in [5, 5.41) is 3.42. The molecule has 2 atom stereocenters. The molecule has 3 nitrogen and oxygen atoms in total. The second kappa shape index (κ2) is 5.91. The van der Waals surface area contributed by atoms with Gasteiger partial charge in [0.05, 0.1) is 6.61 Å². The zero-order valence-corrected chi connectivity index (χ0v) is 9.68. The number of nitrogens with one attached hydrogen (secondary N) is 1. The van der Waals surface area contributed by atoms with Gasteiger partial charge in [-0.3, -0.25) is 5.32 Å². The van der Waals surface area contributed by atoms with Crippen LogP contribution >= 0.6 is 12.4 Å². The van der Waals surface area contributed by atoms with Crippen LogP contribution < -0.4 is 5.32 Å². The topological polar surface area (TPSA) is 24.5 Å². The van der Waals surface area contributed by atoms with Crippen LogP contribution in [0.2, 0.25) is 0 Å². The summed E-state index contributed by atoms with van der Waals surface area (Å²) >= 11 is 0. The SMILES string of the molecule is CCN1CCCC(C2NCCO2)C1.Cl. The average Bonchev–Trinajstić information content (AvgIpc) is 2.71. The molecular formula is C10H21ClN2O. The Morgan fingerprint density at radius 2 is 2.36 bits per heavy atom. The summed E-state index contributed by atoms with van der Waals surface area (Å²) in [4.78, 5) is 2.53. The van der Waals surface area contributed by atoms with Gasteiger partial charge in [-0.1, -0.05) is 6.92 Å². The van der Waals surface area contributed by atoms with Gasteiger partial charge in [-0.2, -0.15) is 0 Å². The molecule has 0 bridgehead atoms. The number of likely N-dealkylation sites (tertiary alicyclic amines) is 1. The van der Waals surface area contributed by atoms with E-state index in [0.717, 1.165) is 19.1 Å². The molecule has 0 amide bonds. The van der Waals surface area contributed by atoms with E-state index in [1.165, 1.54) is 32.5 Å². The lowest BCUT2D eigenvalue weighted by Crippen LogP contribution is -2.43. The summed E-state index contributed by atoms with van der Waals surface area (Å²) in [7, 11) is 0. The summed E-state index contributed by atoms with van der Waals surface area (Å²) in [6, 6.07) is 0. The standard InChI is InChI=1S/C10H20N2O.ClH/c1-2-12-6-3-4-9(8-12)10-11-5-7-13-10;/h9-11H,2-8H2,1H3;1H. The quantitative estimate of drug-likeness (QED) is 0.754. The first-order valence-electron chi connectivity index (χ1n) is 5.47. The third-order valence-electron chi connectivity index (χ3n) is 3.16. The van der Waals surface area contributed by atoms with Crippen molar-refractivity contribution in [1.82, 2.24) is 10.2 Å². The molecule has 2 aliphatic rings. The zero-order chi connectivity index (χ0) is 9.10. The predicted molar refractivity (Wildman–Crippen MR) is 59.8 cm³/mol. The molecule has 14 heavy (non-hydrogen) atoms. The van der Waals surface area contributed by atoms with E-state index in [1.807, 2.05) is 0 Å². The minimum atomic E-state index is 0. The van der Waals surface area contributed by atoms with E-state index in [4.69, 9.17) is 4.74 Å². The Morgan fingerprint density at radius 1 is 1.50 bits per heavy atom. The van der Waals surface area contributed by atoms with Crippen LogP contribution in [-0.4, -0.2) is 43.9 Å². The first-order chi connectivity index (χ1) is 6.40. The van der Waals surface area contributed by atoms with Crippen molar-refractivity contribution in [2.24, 2.45) is 5.92 Å². The largest absolute Gasteiger partial charge is 0.362 e. The highest BCUT2D eigenvalue weighted by molar-refractivity contribution is 5.85. The Bertz CT molecular complexity index is 162. The van der Waals surface area contributed by atoms with Gasteiger partial charge in [0, 0.05) is 19.0 Å². The van der Waals surface area contributed by atoms with Crippen molar-refractivity contribution in [3.63, 3.8) is 0 Å². The van der Waals surface area contributed by atoms with Crippen LogP contribution in [0.15, 0.2) is 0 Å². The fourth-order valence-corrected chi connectivity index (χ4v) is 2.37. The smallest absolute Gasteiger partial charge is 0.112 e. The molecule has 0 radical (unpaired) electrons. The highest BCUT2D eigenvalue weighted by Gasteiger charge is 2.29. The molecule has 0 saturated carbocycles. The Morgan fingerprint density at radius 3 is 3.00 bits per heavy atom. The molecule has 0 aliphatic carbocycles. The number of nitrogens with zero attached hydrogens (tertiary/aromatic N) is 1. The second-order valence-electron chi connectivity index (χ2n) is 4.04. The van der Waals surface area contributed by atoms with Crippen LogP contribution in [0.3, 0.4) is 0 Å². The van der Waals surface area contributed by atoms with Crippen LogP contribution in [0.5, 0.6) is 0 Å². The predicted octanol–water partition coefficient (Wildman–Crippen LogP) is 1.09. The zero-order valence-electron chi connectivity index (χ0n) is 8.87. The minimum absolute atomic E-state index is 0. The second-order valence-corrected chi connectivity index (χ2v) is 4.04. The molecule has 0 aromatic carbocycles. The summed E-state index contributed by atoms with van der Waals surface area (Å²) in [5.74, 6) is 0.719. The molecule has 2 unspecified atom stereocenters. The first-order valence-corrected chi connectivity index (χ1v) is 5.47. The fraction of sp³-hybridized carbons (Fsp3) is 1.00. The maximum absolute atomic E-state index is 5.65. The molecule has 2 aliphatic heterocycles. The first kappa shape index (κ1) is 12.2. The van der Waals surface area contributed by atoms with Gasteiger partial charge in [0.1, 0.15) is 6.23 Å². The highest BCUT2D eigenvalue weighted by Crippen LogP contribution is 2.21. The van der Waals surface area contributed by atoms with Gasteiger partial charge in [0.15, 0.2) is 0 Å². The van der Waals surface area contributed by atoms with Crippen LogP contribution in [0.1, 0.15) is 19.8 Å². The molecule has 2 fully saturated rings. The van der Waals surface area contributed by atoms with Gasteiger partial charge >= 0.3 is 0 Å². The molecule has 84 valence electrons. The van der Waals surface area contributed by atoms with Crippen LogP contribution in [0, 0.1) is 5.92 Å². The van der Waals surface area contributed by atoms with Crippen molar-refractivity contribution in [3.8, 4) is 0 Å². The monoisotopic (exact) mass is 220 g/mol. The van der Waals surface area contributed by atoms with Gasteiger partial charge in [-0.05, 0) is 25.9 Å². The highest BCUT2D eigenvalue weighted by atomic mass is 35.5. The maximum atomic E-state index is 5.65. The molecule has 0 spiro atoms. The van der Waals surface area contributed by atoms with Crippen LogP contribution in [-0.2, 0) is 4.74 Å². The molecular weight excluding hydrogens is 200 g/mol. The van der Waals surface area contributed by atoms with Gasteiger partial charge in [-0.15, -0.1) is 12.4 Å². The molecule has 4 heteroatoms. The lowest BCUT2D eigenvalue weighted by Gasteiger charge is -2.34. The van der Waals surface area contributed by atoms with E-state index >= 15 is 0 Å². The fourth-order valence-electron chi connectivity index (χ4n) is 2.37. The number of rotatable bonds is 2. The van der Waals surface area contributed by atoms with Crippen LogP contribution in [0.4, 0.5) is 0 Å². The average molecular weight is 221 g/mol. The minimum Gasteiger partial charge on any atom is -0.362 e. The van der Waals surface area contributed by atoms with E-state index in [1.54, 1.807) is 0 Å². The third-order valence-corrected chi connectivity index (χ3v) is 3.16. The van der Waals surface area contributed by atoms with E-state index in [-0.39, 0.29) is 12.4 Å². The van der Waals surface area contributed by atoms with Crippen molar-refractivity contribution in [1.29, 1.82) is 0 Å². The van der Waals surface area contributed by atoms with Crippen molar-refractivity contribution >= 4 is 12.4 Å². The number of ether oxygens (including phenoxy) is 1. The lowest BCUT2D eigenvalue weighted by molar-refractivity contribution is 0.0173. The Kier molecular flexibility index (Phi) is 5.17. The van der Waals surface area contributed by atoms with E-state index in [0.29, 0.717) is 6.23 Å². The lowest BCUT2D eigenvalue weighted by atomic mass is 9.96. The Balaban J connectivity index is 0.000000980. The van der Waals surface area contributed by atoms with E-state index in [2.05, 4.69) is 17.1 Å². The number of hydrogen-bond donors (Lipinski definition) is 1. The normalized spacial score (nSPS) is 34.1. The molecule has 2 rings (SSSR count). The van der Waals surface area contributed by atoms with Crippen molar-refractivity contribution in [2.45, 2.75) is 26.0 Å². The number of piperidine rings is 1. The molecule has 0 aromatic rings. The summed E-state index contributed by atoms with van der Waals surface area (Å²) in [6.07, 6.45) is 3.00. The molecule has 2 saturated heterocycles. The van der Waals surface area contributed by atoms with Gasteiger partial charge in [-0.25, -0.2) is 0 Å². The summed E-state index contributed by atoms with van der Waals surface area (Å²) in [5.41, 5.74) is 0. The van der Waals surface area contributed by atoms with Gasteiger partial charge in [0.2, 0.25) is 0 Å². The molecule has 1 N–H and O–H groups in total. The third kappa shape index (κ3) is 2.83. The van der Waals surface area contributed by atoms with Crippen LogP contribution in [0.25, 0.3) is 0 Å². The molecule has 0 aromatic heterocycles. The Labute approximate surface area is 92.6 Å². The van der Waals surface area contributed by atoms with Gasteiger partial charge < -0.3 is 9.64 Å². The van der Waals surface area contributed by atoms with Crippen molar-refractivity contribution in [2.75, 3.05) is 32.8 Å². The van der Waals surface area contributed by atoms with Gasteiger partial charge in [0.25, 0.3) is 0 Å². The maximum Gasteiger partial charge on any atom is 0.112 e. The van der Waals surface area contributed by atoms with Crippen molar-refractivity contribution < 1.29 is 4.74 Å².